The second-order valence-corrected chi connectivity index (χ2v) is 10.7. The maximum atomic E-state index is 13.5. The molecular weight excluding hydrogens is 541 g/mol. The number of anilines is 2. The molecule has 1 saturated carbocycles. The Hall–Kier alpha value is -5.20. The van der Waals surface area contributed by atoms with Crippen LogP contribution in [-0.2, 0) is 6.42 Å². The predicted octanol–water partition coefficient (Wildman–Crippen LogP) is 5.04. The molecule has 1 amide bonds. The summed E-state index contributed by atoms with van der Waals surface area (Å²) in [4.78, 5) is 32.8. The molecule has 0 spiro atoms. The van der Waals surface area contributed by atoms with Crippen LogP contribution < -0.4 is 10.2 Å². The zero-order valence-electron chi connectivity index (χ0n) is 22.1. The van der Waals surface area contributed by atoms with Gasteiger partial charge in [0.2, 0.25) is 5.82 Å². The number of nitriles is 2. The number of hydrogen-bond acceptors (Lipinski definition) is 9. The highest BCUT2D eigenvalue weighted by Gasteiger charge is 2.45. The molecule has 0 unspecified atom stereocenters. The third kappa shape index (κ3) is 4.75. The molecule has 0 radical (unpaired) electrons. The number of amides is 1. The van der Waals surface area contributed by atoms with Crippen LogP contribution in [0.25, 0.3) is 28.0 Å². The molecule has 0 atom stereocenters. The van der Waals surface area contributed by atoms with E-state index in [9.17, 15) is 19.7 Å². The molecule has 1 fully saturated rings. The van der Waals surface area contributed by atoms with Crippen molar-refractivity contribution in [3.63, 3.8) is 0 Å². The summed E-state index contributed by atoms with van der Waals surface area (Å²) in [5.74, 6) is -0.0432. The number of halogens is 1. The van der Waals surface area contributed by atoms with Gasteiger partial charge >= 0.3 is 0 Å². The number of benzene rings is 1. The number of carbonyl (C=O) groups is 1. The number of aryl methyl sites for hydroxylation is 1. The van der Waals surface area contributed by atoms with Gasteiger partial charge in [-0.2, -0.15) is 10.5 Å². The van der Waals surface area contributed by atoms with Gasteiger partial charge in [-0.15, -0.1) is 0 Å². The van der Waals surface area contributed by atoms with Crippen LogP contribution in [0.1, 0.15) is 41.0 Å². The number of aromatic nitrogens is 5. The number of nitrogens with zero attached hydrogens (tertiary/aromatic N) is 8. The molecule has 1 aromatic carbocycles. The minimum atomic E-state index is -0.795. The molecule has 5 aromatic rings. The van der Waals surface area contributed by atoms with Crippen LogP contribution in [0, 0.1) is 28.5 Å². The number of hydrogen-bond donors (Lipinski definition) is 1. The second-order valence-electron chi connectivity index (χ2n) is 9.68. The fourth-order valence-electron chi connectivity index (χ4n) is 4.52. The molecule has 4 aromatic heterocycles. The molecule has 0 saturated heterocycles. The van der Waals surface area contributed by atoms with Crippen LogP contribution in [0.3, 0.4) is 0 Å². The fourth-order valence-corrected chi connectivity index (χ4v) is 5.37. The van der Waals surface area contributed by atoms with E-state index >= 15 is 0 Å². The zero-order chi connectivity index (χ0) is 28.7. The quantitative estimate of drug-likeness (QED) is 0.291. The Kier molecular flexibility index (Phi) is 6.40. The van der Waals surface area contributed by atoms with Crippen molar-refractivity contribution in [3.05, 3.63) is 77.2 Å². The van der Waals surface area contributed by atoms with Crippen molar-refractivity contribution in [3.8, 4) is 34.5 Å². The smallest absolute Gasteiger partial charge is 0.290 e. The Labute approximate surface area is 238 Å². The average Bonchev–Trinajstić information content (AvgIpc) is 3.47. The summed E-state index contributed by atoms with van der Waals surface area (Å²) >= 11 is 1.25. The molecule has 4 heterocycles. The molecule has 0 aliphatic heterocycles. The van der Waals surface area contributed by atoms with Crippen molar-refractivity contribution in [1.29, 1.82) is 10.5 Å². The highest BCUT2D eigenvalue weighted by Crippen LogP contribution is 2.37. The topological polar surface area (TPSA) is 136 Å². The van der Waals surface area contributed by atoms with Gasteiger partial charge < -0.3 is 10.2 Å². The molecule has 202 valence electrons. The second kappa shape index (κ2) is 10.1. The van der Waals surface area contributed by atoms with E-state index in [4.69, 9.17) is 9.97 Å². The maximum absolute atomic E-state index is 13.5. The lowest BCUT2D eigenvalue weighted by Crippen LogP contribution is -2.36. The summed E-state index contributed by atoms with van der Waals surface area (Å²) in [6.45, 7) is 2.02. The SMILES string of the molecule is CCc1nc2ccc(-c3cnc(C(=O)NC4(C#N)CC4)nc3)cn2c1N(C)c1nc(-c2ccc(F)cc2)c(C#N)s1. The van der Waals surface area contributed by atoms with Gasteiger partial charge in [0.1, 0.15) is 39.5 Å². The minimum Gasteiger partial charge on any atom is -0.331 e. The number of nitrogens with one attached hydrogen (secondary N) is 1. The van der Waals surface area contributed by atoms with Crippen LogP contribution >= 0.6 is 11.3 Å². The zero-order valence-corrected chi connectivity index (χ0v) is 22.9. The number of imidazole rings is 1. The molecule has 1 aliphatic rings. The van der Waals surface area contributed by atoms with Gasteiger partial charge in [-0.1, -0.05) is 18.3 Å². The van der Waals surface area contributed by atoms with Crippen molar-refractivity contribution < 1.29 is 9.18 Å². The largest absolute Gasteiger partial charge is 0.331 e. The first-order chi connectivity index (χ1) is 19.8. The van der Waals surface area contributed by atoms with Crippen LogP contribution in [0.15, 0.2) is 55.0 Å². The van der Waals surface area contributed by atoms with Crippen LogP contribution in [0.5, 0.6) is 0 Å². The van der Waals surface area contributed by atoms with E-state index in [0.29, 0.717) is 46.1 Å². The Morgan fingerprint density at radius 1 is 1.10 bits per heavy atom. The number of pyridine rings is 1. The van der Waals surface area contributed by atoms with Gasteiger partial charge in [0, 0.05) is 42.3 Å². The van der Waals surface area contributed by atoms with Crippen molar-refractivity contribution in [2.24, 2.45) is 0 Å². The van der Waals surface area contributed by atoms with Gasteiger partial charge in [-0.3, -0.25) is 9.20 Å². The summed E-state index contributed by atoms with van der Waals surface area (Å²) in [6, 6.07) is 14.0. The van der Waals surface area contributed by atoms with Crippen LogP contribution in [0.2, 0.25) is 0 Å². The third-order valence-electron chi connectivity index (χ3n) is 6.94. The Morgan fingerprint density at radius 2 is 1.80 bits per heavy atom. The lowest BCUT2D eigenvalue weighted by Gasteiger charge is -2.17. The molecular formula is C29H22FN9OS. The molecule has 0 bridgehead atoms. The monoisotopic (exact) mass is 563 g/mol. The van der Waals surface area contributed by atoms with Crippen LogP contribution in [0.4, 0.5) is 15.3 Å². The summed E-state index contributed by atoms with van der Waals surface area (Å²) in [5, 5.41) is 22.3. The van der Waals surface area contributed by atoms with Gasteiger partial charge in [-0.05, 0) is 55.7 Å². The molecule has 1 N–H and O–H groups in total. The highest BCUT2D eigenvalue weighted by atomic mass is 32.1. The van der Waals surface area contributed by atoms with Gasteiger partial charge in [-0.25, -0.2) is 24.3 Å². The maximum Gasteiger partial charge on any atom is 0.290 e. The lowest BCUT2D eigenvalue weighted by atomic mass is 10.1. The molecule has 12 heteroatoms. The van der Waals surface area contributed by atoms with E-state index in [1.165, 1.54) is 23.5 Å². The van der Waals surface area contributed by atoms with E-state index in [1.54, 1.807) is 24.5 Å². The first-order valence-electron chi connectivity index (χ1n) is 12.8. The third-order valence-corrected chi connectivity index (χ3v) is 7.98. The first-order valence-corrected chi connectivity index (χ1v) is 13.6. The minimum absolute atomic E-state index is 0.00157. The van der Waals surface area contributed by atoms with Crippen LogP contribution in [-0.4, -0.2) is 42.8 Å². The van der Waals surface area contributed by atoms with E-state index in [-0.39, 0.29) is 11.6 Å². The average molecular weight is 564 g/mol. The lowest BCUT2D eigenvalue weighted by molar-refractivity contribution is 0.0931. The van der Waals surface area contributed by atoms with Crippen molar-refractivity contribution in [2.75, 3.05) is 11.9 Å². The molecule has 41 heavy (non-hydrogen) atoms. The Balaban J connectivity index is 1.34. The molecule has 10 nitrogen and oxygen atoms in total. The number of carbonyl (C=O) groups excluding carboxylic acids is 1. The van der Waals surface area contributed by atoms with Gasteiger partial charge in [0.25, 0.3) is 5.91 Å². The number of thiazole rings is 1. The number of rotatable bonds is 7. The van der Waals surface area contributed by atoms with Crippen molar-refractivity contribution in [1.82, 2.24) is 29.7 Å². The standard InChI is InChI=1S/C29H22FN9OS/c1-3-21-27(38(2)28-36-24(22(12-31)41-28)17-4-7-20(30)8-5-17)39-15-18(6-9-23(39)35-21)19-13-33-25(34-14-19)26(40)37-29(16-32)10-11-29/h4-9,13-15H,3,10-11H2,1-2H3,(H,37,40). The van der Waals surface area contributed by atoms with Gasteiger partial charge in [0.15, 0.2) is 5.13 Å². The van der Waals surface area contributed by atoms with Gasteiger partial charge in [0.05, 0.1) is 11.8 Å². The summed E-state index contributed by atoms with van der Waals surface area (Å²) in [7, 11) is 1.87. The highest BCUT2D eigenvalue weighted by molar-refractivity contribution is 7.16. The van der Waals surface area contributed by atoms with Crippen molar-refractivity contribution >= 4 is 33.8 Å². The molecule has 6 rings (SSSR count). The Morgan fingerprint density at radius 3 is 2.44 bits per heavy atom. The first kappa shape index (κ1) is 26.0. The molecule has 1 aliphatic carbocycles. The van der Waals surface area contributed by atoms with E-state index in [1.807, 2.05) is 41.6 Å². The Bertz CT molecular complexity index is 1880. The fraction of sp³-hybridized carbons (Fsp3) is 0.207. The normalized spacial score (nSPS) is 13.4. The summed E-state index contributed by atoms with van der Waals surface area (Å²) < 4.78 is 15.4. The number of fused-ring (bicyclic) bond motifs is 1. The predicted molar refractivity (Wildman–Crippen MR) is 151 cm³/mol. The van der Waals surface area contributed by atoms with E-state index < -0.39 is 11.4 Å². The van der Waals surface area contributed by atoms with E-state index in [2.05, 4.69) is 27.4 Å². The van der Waals surface area contributed by atoms with E-state index in [0.717, 1.165) is 22.7 Å². The summed E-state index contributed by atoms with van der Waals surface area (Å²) in [5.41, 5.74) is 3.44. The summed E-state index contributed by atoms with van der Waals surface area (Å²) in [6.07, 6.45) is 6.98. The van der Waals surface area contributed by atoms with Crippen molar-refractivity contribution in [2.45, 2.75) is 31.7 Å².